The van der Waals surface area contributed by atoms with E-state index >= 15 is 0 Å². The summed E-state index contributed by atoms with van der Waals surface area (Å²) in [5.41, 5.74) is 8.24. The third kappa shape index (κ3) is 2.07. The SMILES string of the molecule is NC1=NC2(c3ccccc3Oc3cnccc32)C(c2ccccc2)OC1. The molecule has 2 aliphatic rings. The molecule has 3 aromatic rings. The summed E-state index contributed by atoms with van der Waals surface area (Å²) in [4.78, 5) is 9.20. The van der Waals surface area contributed by atoms with Crippen LogP contribution in [0.4, 0.5) is 0 Å². The Hall–Kier alpha value is -3.18. The van der Waals surface area contributed by atoms with Gasteiger partial charge in [-0.2, -0.15) is 0 Å². The molecule has 0 amide bonds. The Morgan fingerprint density at radius 1 is 0.923 bits per heavy atom. The molecule has 1 aromatic heterocycles. The number of fused-ring (bicyclic) bond motifs is 4. The molecular formula is C21H17N3O2. The van der Waals surface area contributed by atoms with E-state index in [4.69, 9.17) is 20.2 Å². The van der Waals surface area contributed by atoms with E-state index in [1.165, 1.54) is 0 Å². The Balaban J connectivity index is 1.86. The number of para-hydroxylation sites is 1. The molecule has 2 unspecified atom stereocenters. The van der Waals surface area contributed by atoms with Gasteiger partial charge in [-0.05, 0) is 17.7 Å². The summed E-state index contributed by atoms with van der Waals surface area (Å²) in [6.45, 7) is 0.296. The van der Waals surface area contributed by atoms with Crippen molar-refractivity contribution in [2.45, 2.75) is 11.6 Å². The number of aromatic nitrogens is 1. The Kier molecular flexibility index (Phi) is 3.30. The average Bonchev–Trinajstić information content (AvgIpc) is 2.69. The minimum absolute atomic E-state index is 0.296. The summed E-state index contributed by atoms with van der Waals surface area (Å²) in [6.07, 6.45) is 3.15. The molecule has 3 heterocycles. The van der Waals surface area contributed by atoms with Crippen molar-refractivity contribution in [3.05, 3.63) is 89.7 Å². The summed E-state index contributed by atoms with van der Waals surface area (Å²) in [6, 6.07) is 20.0. The first kappa shape index (κ1) is 15.1. The van der Waals surface area contributed by atoms with Gasteiger partial charge in [0.15, 0.2) is 11.3 Å². The Bertz CT molecular complexity index is 955. The second-order valence-corrected chi connectivity index (χ2v) is 6.44. The van der Waals surface area contributed by atoms with Crippen LogP contribution >= 0.6 is 0 Å². The first-order valence-electron chi connectivity index (χ1n) is 8.51. The highest BCUT2D eigenvalue weighted by Crippen LogP contribution is 2.56. The summed E-state index contributed by atoms with van der Waals surface area (Å²) in [7, 11) is 0. The quantitative estimate of drug-likeness (QED) is 0.733. The van der Waals surface area contributed by atoms with Gasteiger partial charge in [0, 0.05) is 17.3 Å². The predicted molar refractivity (Wildman–Crippen MR) is 98.3 cm³/mol. The zero-order valence-electron chi connectivity index (χ0n) is 14.0. The molecule has 2 atom stereocenters. The highest BCUT2D eigenvalue weighted by Gasteiger charge is 2.51. The van der Waals surface area contributed by atoms with Gasteiger partial charge in [-0.25, -0.2) is 0 Å². The van der Waals surface area contributed by atoms with E-state index in [9.17, 15) is 0 Å². The van der Waals surface area contributed by atoms with Gasteiger partial charge in [0.05, 0.1) is 6.20 Å². The number of rotatable bonds is 1. The molecule has 5 rings (SSSR count). The lowest BCUT2D eigenvalue weighted by Gasteiger charge is -2.44. The molecule has 0 fully saturated rings. The molecule has 128 valence electrons. The molecule has 26 heavy (non-hydrogen) atoms. The molecule has 0 saturated heterocycles. The normalized spacial score (nSPS) is 23.5. The number of amidine groups is 1. The van der Waals surface area contributed by atoms with E-state index in [1.54, 1.807) is 12.4 Å². The molecule has 0 aliphatic carbocycles. The van der Waals surface area contributed by atoms with Crippen LogP contribution in [0.25, 0.3) is 0 Å². The van der Waals surface area contributed by atoms with Gasteiger partial charge < -0.3 is 15.2 Å². The second kappa shape index (κ2) is 5.68. The minimum atomic E-state index is -0.809. The molecule has 0 bridgehead atoms. The van der Waals surface area contributed by atoms with Crippen LogP contribution in [0.3, 0.4) is 0 Å². The Morgan fingerprint density at radius 2 is 1.69 bits per heavy atom. The van der Waals surface area contributed by atoms with Gasteiger partial charge in [0.2, 0.25) is 0 Å². The molecular weight excluding hydrogens is 326 g/mol. The first-order chi connectivity index (χ1) is 12.8. The monoisotopic (exact) mass is 343 g/mol. The first-order valence-corrected chi connectivity index (χ1v) is 8.51. The van der Waals surface area contributed by atoms with Crippen LogP contribution in [0, 0.1) is 0 Å². The predicted octanol–water partition coefficient (Wildman–Crippen LogP) is 3.56. The molecule has 2 aliphatic heterocycles. The zero-order chi connectivity index (χ0) is 17.6. The van der Waals surface area contributed by atoms with E-state index in [-0.39, 0.29) is 6.10 Å². The Morgan fingerprint density at radius 3 is 2.58 bits per heavy atom. The number of aliphatic imine (C=N–C) groups is 1. The van der Waals surface area contributed by atoms with Crippen molar-refractivity contribution in [2.75, 3.05) is 6.61 Å². The van der Waals surface area contributed by atoms with Crippen molar-refractivity contribution in [1.29, 1.82) is 0 Å². The summed E-state index contributed by atoms with van der Waals surface area (Å²) < 4.78 is 12.3. The van der Waals surface area contributed by atoms with Crippen LogP contribution in [0.15, 0.2) is 78.0 Å². The molecule has 1 spiro atoms. The highest BCUT2D eigenvalue weighted by atomic mass is 16.5. The van der Waals surface area contributed by atoms with Crippen LogP contribution in [-0.4, -0.2) is 17.4 Å². The smallest absolute Gasteiger partial charge is 0.151 e. The van der Waals surface area contributed by atoms with Gasteiger partial charge in [0.1, 0.15) is 24.3 Å². The standard InChI is InChI=1S/C21H17N3O2/c22-19-13-25-20(14-6-2-1-3-7-14)21(24-19)15-8-4-5-9-17(15)26-18-12-23-11-10-16(18)21/h1-12,20H,13H2,(H2,22,24). The van der Waals surface area contributed by atoms with Crippen LogP contribution in [0.2, 0.25) is 0 Å². The maximum absolute atomic E-state index is 6.25. The zero-order valence-corrected chi connectivity index (χ0v) is 14.0. The van der Waals surface area contributed by atoms with Crippen LogP contribution < -0.4 is 10.5 Å². The number of hydrogen-bond acceptors (Lipinski definition) is 5. The van der Waals surface area contributed by atoms with Gasteiger partial charge in [-0.15, -0.1) is 0 Å². The molecule has 0 radical (unpaired) electrons. The van der Waals surface area contributed by atoms with E-state index in [2.05, 4.69) is 17.1 Å². The molecule has 5 nitrogen and oxygen atoms in total. The van der Waals surface area contributed by atoms with Crippen LogP contribution in [0.5, 0.6) is 11.5 Å². The summed E-state index contributed by atoms with van der Waals surface area (Å²) >= 11 is 0. The van der Waals surface area contributed by atoms with E-state index < -0.39 is 5.54 Å². The summed E-state index contributed by atoms with van der Waals surface area (Å²) in [5.74, 6) is 1.89. The summed E-state index contributed by atoms with van der Waals surface area (Å²) in [5, 5.41) is 0. The lowest BCUT2D eigenvalue weighted by Crippen LogP contribution is -2.44. The van der Waals surface area contributed by atoms with Gasteiger partial charge in [-0.3, -0.25) is 9.98 Å². The van der Waals surface area contributed by atoms with E-state index in [1.807, 2.05) is 48.5 Å². The minimum Gasteiger partial charge on any atom is -0.455 e. The Labute approximate surface area is 151 Å². The van der Waals surface area contributed by atoms with Crippen molar-refractivity contribution < 1.29 is 9.47 Å². The maximum Gasteiger partial charge on any atom is 0.151 e. The number of hydrogen-bond donors (Lipinski definition) is 1. The fourth-order valence-electron chi connectivity index (χ4n) is 3.89. The van der Waals surface area contributed by atoms with E-state index in [0.717, 1.165) is 22.4 Å². The molecule has 2 aromatic carbocycles. The number of nitrogens with two attached hydrogens (primary N) is 1. The van der Waals surface area contributed by atoms with Crippen molar-refractivity contribution >= 4 is 5.84 Å². The molecule has 0 saturated carbocycles. The van der Waals surface area contributed by atoms with Crippen molar-refractivity contribution in [3.63, 3.8) is 0 Å². The van der Waals surface area contributed by atoms with Crippen molar-refractivity contribution in [1.82, 2.24) is 4.98 Å². The van der Waals surface area contributed by atoms with Gasteiger partial charge in [0.25, 0.3) is 0 Å². The highest BCUT2D eigenvalue weighted by molar-refractivity contribution is 5.84. The number of benzene rings is 2. The second-order valence-electron chi connectivity index (χ2n) is 6.44. The lowest BCUT2D eigenvalue weighted by molar-refractivity contribution is 0.0159. The number of ether oxygens (including phenoxy) is 2. The maximum atomic E-state index is 6.25. The lowest BCUT2D eigenvalue weighted by atomic mass is 9.74. The van der Waals surface area contributed by atoms with Gasteiger partial charge in [-0.1, -0.05) is 48.5 Å². The average molecular weight is 343 g/mol. The van der Waals surface area contributed by atoms with Crippen LogP contribution in [-0.2, 0) is 10.3 Å². The van der Waals surface area contributed by atoms with Crippen LogP contribution in [0.1, 0.15) is 22.8 Å². The fraction of sp³-hybridized carbons (Fsp3) is 0.143. The molecule has 2 N–H and O–H groups in total. The van der Waals surface area contributed by atoms with Crippen molar-refractivity contribution in [2.24, 2.45) is 10.7 Å². The molecule has 5 heteroatoms. The third-order valence-corrected chi connectivity index (χ3v) is 4.91. The van der Waals surface area contributed by atoms with Gasteiger partial charge >= 0.3 is 0 Å². The fourth-order valence-corrected chi connectivity index (χ4v) is 3.89. The largest absolute Gasteiger partial charge is 0.455 e. The van der Waals surface area contributed by atoms with Crippen molar-refractivity contribution in [3.8, 4) is 11.5 Å². The third-order valence-electron chi connectivity index (χ3n) is 4.91. The number of pyridine rings is 1. The topological polar surface area (TPSA) is 69.7 Å². The van der Waals surface area contributed by atoms with E-state index in [0.29, 0.717) is 18.2 Å². The number of nitrogens with zero attached hydrogens (tertiary/aromatic N) is 2.